The van der Waals surface area contributed by atoms with Crippen LogP contribution in [0.4, 0.5) is 0 Å². The van der Waals surface area contributed by atoms with Crippen molar-refractivity contribution in [2.24, 2.45) is 5.14 Å². The molecule has 2 N–H and O–H groups in total. The maximum absolute atomic E-state index is 12.2. The fourth-order valence-electron chi connectivity index (χ4n) is 4.01. The van der Waals surface area contributed by atoms with Gasteiger partial charge in [-0.25, -0.2) is 22.9 Å². The molecule has 0 bridgehead atoms. The minimum atomic E-state index is -3.94. The number of benzene rings is 3. The Morgan fingerprint density at radius 3 is 1.58 bits per heavy atom. The number of nitrogens with zero attached hydrogens (tertiary/aromatic N) is 4. The van der Waals surface area contributed by atoms with Crippen LogP contribution in [0.1, 0.15) is 11.1 Å². The number of nitrogens with two attached hydrogens (primary N) is 1. The second-order valence-corrected chi connectivity index (χ2v) is 10.9. The van der Waals surface area contributed by atoms with Crippen LogP contribution in [-0.2, 0) is 10.0 Å². The van der Waals surface area contributed by atoms with Crippen LogP contribution in [0.25, 0.3) is 33.9 Å². The van der Waals surface area contributed by atoms with Crippen LogP contribution in [-0.4, -0.2) is 28.0 Å². The van der Waals surface area contributed by atoms with Crippen molar-refractivity contribution >= 4 is 33.2 Å². The van der Waals surface area contributed by atoms with Gasteiger partial charge in [-0.2, -0.15) is 10.2 Å². The van der Waals surface area contributed by atoms with Crippen molar-refractivity contribution in [2.75, 3.05) is 0 Å². The van der Waals surface area contributed by atoms with Crippen molar-refractivity contribution in [1.29, 1.82) is 0 Å². The number of hydrogen-bond acceptors (Lipinski definition) is 4. The van der Waals surface area contributed by atoms with Crippen molar-refractivity contribution in [1.82, 2.24) is 19.6 Å². The molecular formula is C26H21Cl2N5O2S. The highest BCUT2D eigenvalue weighted by Gasteiger charge is 2.19. The van der Waals surface area contributed by atoms with Crippen LogP contribution in [0.5, 0.6) is 0 Å². The summed E-state index contributed by atoms with van der Waals surface area (Å²) in [4.78, 5) is -0.0238. The van der Waals surface area contributed by atoms with E-state index in [9.17, 15) is 8.42 Å². The highest BCUT2D eigenvalue weighted by molar-refractivity contribution is 7.89. The Kier molecular flexibility index (Phi) is 6.22. The maximum Gasteiger partial charge on any atom is 0.238 e. The molecule has 0 atom stereocenters. The third-order valence-electron chi connectivity index (χ3n) is 5.80. The molecule has 3 aromatic carbocycles. The molecule has 0 saturated heterocycles. The Hall–Kier alpha value is -3.43. The monoisotopic (exact) mass is 537 g/mol. The summed E-state index contributed by atoms with van der Waals surface area (Å²) in [5.74, 6) is 0. The first-order chi connectivity index (χ1) is 17.1. The highest BCUT2D eigenvalue weighted by Crippen LogP contribution is 2.30. The lowest BCUT2D eigenvalue weighted by Crippen LogP contribution is -2.14. The van der Waals surface area contributed by atoms with E-state index in [-0.39, 0.29) is 4.90 Å². The Morgan fingerprint density at radius 1 is 0.694 bits per heavy atom. The zero-order valence-corrected chi connectivity index (χ0v) is 21.7. The van der Waals surface area contributed by atoms with E-state index in [1.54, 1.807) is 27.6 Å². The second kappa shape index (κ2) is 9.22. The van der Waals surface area contributed by atoms with Crippen molar-refractivity contribution in [3.63, 3.8) is 0 Å². The Balaban J connectivity index is 1.67. The SMILES string of the molecule is Cc1cn(-c2ccc(S(N)(=O)=O)cc2-n2cc(C)c(-c3ccc(Cl)cc3)n2)nc1-c1ccc(Cl)cc1. The normalized spacial score (nSPS) is 11.7. The van der Waals surface area contributed by atoms with Gasteiger partial charge in [-0.05, 0) is 67.4 Å². The van der Waals surface area contributed by atoms with Gasteiger partial charge in [0.05, 0.1) is 27.7 Å². The summed E-state index contributed by atoms with van der Waals surface area (Å²) in [6.07, 6.45) is 3.72. The lowest BCUT2D eigenvalue weighted by molar-refractivity contribution is 0.597. The summed E-state index contributed by atoms with van der Waals surface area (Å²) < 4.78 is 27.7. The van der Waals surface area contributed by atoms with E-state index in [1.807, 2.05) is 62.6 Å². The van der Waals surface area contributed by atoms with Gasteiger partial charge in [0.15, 0.2) is 0 Å². The summed E-state index contributed by atoms with van der Waals surface area (Å²) in [6, 6.07) is 19.4. The summed E-state index contributed by atoms with van der Waals surface area (Å²) in [5.41, 5.74) is 6.33. The van der Waals surface area contributed by atoms with Crippen LogP contribution in [0.2, 0.25) is 10.0 Å². The molecule has 0 aliphatic rings. The molecule has 5 rings (SSSR count). The minimum Gasteiger partial charge on any atom is -0.238 e. The van der Waals surface area contributed by atoms with Crippen LogP contribution >= 0.6 is 23.2 Å². The molecule has 0 unspecified atom stereocenters. The van der Waals surface area contributed by atoms with Crippen molar-refractivity contribution in [3.05, 3.63) is 100 Å². The van der Waals surface area contributed by atoms with Gasteiger partial charge in [0.25, 0.3) is 0 Å². The lowest BCUT2D eigenvalue weighted by Gasteiger charge is -2.12. The molecule has 2 heterocycles. The summed E-state index contributed by atoms with van der Waals surface area (Å²) in [6.45, 7) is 3.90. The zero-order chi connectivity index (χ0) is 25.6. The number of aromatic nitrogens is 4. The van der Waals surface area contributed by atoms with Crippen LogP contribution in [0.3, 0.4) is 0 Å². The molecule has 10 heteroatoms. The maximum atomic E-state index is 12.2. The Bertz CT molecular complexity index is 1690. The molecule has 0 aliphatic heterocycles. The summed E-state index contributed by atoms with van der Waals surface area (Å²) >= 11 is 12.1. The molecule has 0 aliphatic carbocycles. The Labute approximate surface area is 218 Å². The fourth-order valence-corrected chi connectivity index (χ4v) is 4.80. The largest absolute Gasteiger partial charge is 0.238 e. The molecule has 0 amide bonds. The van der Waals surface area contributed by atoms with E-state index in [0.717, 1.165) is 33.6 Å². The van der Waals surface area contributed by atoms with Gasteiger partial charge in [-0.3, -0.25) is 0 Å². The van der Waals surface area contributed by atoms with E-state index in [0.29, 0.717) is 21.4 Å². The third-order valence-corrected chi connectivity index (χ3v) is 7.21. The molecule has 7 nitrogen and oxygen atoms in total. The third kappa shape index (κ3) is 4.68. The standard InChI is InChI=1S/C26H21Cl2N5O2S/c1-16-14-32(30-25(16)18-3-7-20(27)8-4-18)23-12-11-22(36(29,34)35)13-24(23)33-15-17(2)26(31-33)19-5-9-21(28)10-6-19/h3-15H,1-2H3,(H2,29,34,35). The molecule has 0 saturated carbocycles. The van der Waals surface area contributed by atoms with E-state index in [1.165, 1.54) is 12.1 Å². The number of primary sulfonamides is 1. The Morgan fingerprint density at radius 2 is 1.14 bits per heavy atom. The first kappa shape index (κ1) is 24.3. The number of hydrogen-bond donors (Lipinski definition) is 1. The van der Waals surface area contributed by atoms with E-state index in [2.05, 4.69) is 0 Å². The van der Waals surface area contributed by atoms with Gasteiger partial charge >= 0.3 is 0 Å². The fraction of sp³-hybridized carbons (Fsp3) is 0.0769. The molecule has 0 radical (unpaired) electrons. The minimum absolute atomic E-state index is 0.0238. The number of rotatable bonds is 5. The molecule has 2 aromatic heterocycles. The highest BCUT2D eigenvalue weighted by atomic mass is 35.5. The van der Waals surface area contributed by atoms with Crippen LogP contribution < -0.4 is 5.14 Å². The van der Waals surface area contributed by atoms with Gasteiger partial charge in [0.1, 0.15) is 0 Å². The van der Waals surface area contributed by atoms with Crippen molar-refractivity contribution in [2.45, 2.75) is 18.7 Å². The predicted octanol–water partition coefficient (Wildman–Crippen LogP) is 5.96. The average molecular weight is 538 g/mol. The summed E-state index contributed by atoms with van der Waals surface area (Å²) in [5, 5.41) is 16.3. The first-order valence-corrected chi connectivity index (χ1v) is 13.2. The number of sulfonamides is 1. The lowest BCUT2D eigenvalue weighted by atomic mass is 10.1. The predicted molar refractivity (Wildman–Crippen MR) is 142 cm³/mol. The zero-order valence-electron chi connectivity index (χ0n) is 19.4. The van der Waals surface area contributed by atoms with E-state index >= 15 is 0 Å². The topological polar surface area (TPSA) is 95.8 Å². The molecular weight excluding hydrogens is 517 g/mol. The summed E-state index contributed by atoms with van der Waals surface area (Å²) in [7, 11) is -3.94. The van der Waals surface area contributed by atoms with Gasteiger partial charge in [-0.1, -0.05) is 47.5 Å². The van der Waals surface area contributed by atoms with E-state index in [4.69, 9.17) is 38.5 Å². The average Bonchev–Trinajstić information content (AvgIpc) is 3.42. The number of aryl methyl sites for hydroxylation is 2. The van der Waals surface area contributed by atoms with E-state index < -0.39 is 10.0 Å². The number of halogens is 2. The van der Waals surface area contributed by atoms with Gasteiger partial charge in [0.2, 0.25) is 10.0 Å². The molecule has 182 valence electrons. The molecule has 5 aromatic rings. The second-order valence-electron chi connectivity index (χ2n) is 8.42. The molecule has 0 fully saturated rings. The van der Waals surface area contributed by atoms with Gasteiger partial charge in [-0.15, -0.1) is 0 Å². The van der Waals surface area contributed by atoms with Crippen molar-refractivity contribution in [3.8, 4) is 33.9 Å². The molecule has 0 spiro atoms. The first-order valence-electron chi connectivity index (χ1n) is 10.9. The van der Waals surface area contributed by atoms with Crippen molar-refractivity contribution < 1.29 is 8.42 Å². The van der Waals surface area contributed by atoms with Crippen LogP contribution in [0, 0.1) is 13.8 Å². The molecule has 36 heavy (non-hydrogen) atoms. The van der Waals surface area contributed by atoms with Gasteiger partial charge < -0.3 is 0 Å². The van der Waals surface area contributed by atoms with Crippen LogP contribution in [0.15, 0.2) is 84.0 Å². The quantitative estimate of drug-likeness (QED) is 0.299. The van der Waals surface area contributed by atoms with Gasteiger partial charge in [0, 0.05) is 33.6 Å². The smallest absolute Gasteiger partial charge is 0.238 e.